The smallest absolute Gasteiger partial charge is 0.381 e. The first-order valence-corrected chi connectivity index (χ1v) is 9.30. The predicted octanol–water partition coefficient (Wildman–Crippen LogP) is 2.99. The molecule has 4 heterocycles. The summed E-state index contributed by atoms with van der Waals surface area (Å²) in [5.41, 5.74) is 0.685. The Labute approximate surface area is 149 Å². The number of pyridine rings is 1. The lowest BCUT2D eigenvalue weighted by atomic mass is 9.74. The number of halogens is 3. The molecule has 4 rings (SSSR count). The molecule has 138 valence electrons. The number of rotatable bonds is 4. The van der Waals surface area contributed by atoms with Gasteiger partial charge in [-0.25, -0.2) is 9.29 Å². The summed E-state index contributed by atoms with van der Waals surface area (Å²) in [5, 5.41) is 0. The van der Waals surface area contributed by atoms with Crippen LogP contribution in [-0.2, 0) is 10.9 Å². The van der Waals surface area contributed by atoms with Gasteiger partial charge in [-0.15, -0.1) is 0 Å². The highest BCUT2D eigenvalue weighted by molar-refractivity contribution is 7.97. The first kappa shape index (κ1) is 17.6. The zero-order valence-electron chi connectivity index (χ0n) is 14.4. The second-order valence-corrected chi connectivity index (χ2v) is 8.81. The van der Waals surface area contributed by atoms with E-state index in [0.29, 0.717) is 22.6 Å². The van der Waals surface area contributed by atoms with E-state index in [0.717, 1.165) is 56.9 Å². The van der Waals surface area contributed by atoms with E-state index in [9.17, 15) is 13.2 Å². The Hall–Kier alpha value is -0.830. The van der Waals surface area contributed by atoms with Crippen LogP contribution in [0.25, 0.3) is 0 Å². The van der Waals surface area contributed by atoms with Crippen LogP contribution in [0.5, 0.6) is 0 Å². The Kier molecular flexibility index (Phi) is 4.30. The predicted molar refractivity (Wildman–Crippen MR) is 89.3 cm³/mol. The van der Waals surface area contributed by atoms with Crippen LogP contribution >= 0.6 is 11.9 Å². The normalized spacial score (nSPS) is 24.0. The first-order chi connectivity index (χ1) is 11.7. The number of hydrogen-bond donors (Lipinski definition) is 0. The van der Waals surface area contributed by atoms with Crippen LogP contribution in [0.3, 0.4) is 0 Å². The van der Waals surface area contributed by atoms with Crippen LogP contribution in [0.4, 0.5) is 13.2 Å². The van der Waals surface area contributed by atoms with Crippen molar-refractivity contribution in [3.8, 4) is 0 Å². The van der Waals surface area contributed by atoms with Gasteiger partial charge >= 0.3 is 6.18 Å². The molecule has 0 bridgehead atoms. The molecule has 0 amide bonds. The van der Waals surface area contributed by atoms with Gasteiger partial charge in [0.2, 0.25) is 0 Å². The summed E-state index contributed by atoms with van der Waals surface area (Å²) < 4.78 is 46.0. The maximum Gasteiger partial charge on any atom is 0.433 e. The first-order valence-electron chi connectivity index (χ1n) is 8.53. The number of ether oxygens (including phenoxy) is 1. The molecule has 3 saturated heterocycles. The van der Waals surface area contributed by atoms with E-state index in [4.69, 9.17) is 4.74 Å². The Bertz CT molecular complexity index is 641. The molecule has 25 heavy (non-hydrogen) atoms. The minimum atomic E-state index is -4.39. The average Bonchev–Trinajstić information content (AvgIpc) is 2.38. The molecular weight excluding hydrogens is 351 g/mol. The highest BCUT2D eigenvalue weighted by Crippen LogP contribution is 2.46. The molecular formula is C17H22F3N3OS. The van der Waals surface area contributed by atoms with Gasteiger partial charge in [-0.05, 0) is 37.4 Å². The topological polar surface area (TPSA) is 28.6 Å². The molecule has 0 aromatic carbocycles. The minimum Gasteiger partial charge on any atom is -0.381 e. The molecule has 0 saturated carbocycles. The molecule has 4 nitrogen and oxygen atoms in total. The van der Waals surface area contributed by atoms with Crippen molar-refractivity contribution >= 4 is 11.9 Å². The summed E-state index contributed by atoms with van der Waals surface area (Å²) in [6.45, 7) is 10.6. The van der Waals surface area contributed by atoms with E-state index < -0.39 is 11.9 Å². The van der Waals surface area contributed by atoms with Crippen molar-refractivity contribution in [1.82, 2.24) is 14.2 Å². The Morgan fingerprint density at radius 3 is 2.44 bits per heavy atom. The maximum atomic E-state index is 12.8. The Morgan fingerprint density at radius 1 is 1.24 bits per heavy atom. The summed E-state index contributed by atoms with van der Waals surface area (Å²) in [6.07, 6.45) is -4.39. The third kappa shape index (κ3) is 3.41. The maximum absolute atomic E-state index is 12.8. The molecule has 0 aliphatic carbocycles. The van der Waals surface area contributed by atoms with Crippen molar-refractivity contribution in [2.24, 2.45) is 11.3 Å². The third-order valence-electron chi connectivity index (χ3n) is 5.20. The van der Waals surface area contributed by atoms with E-state index in [1.807, 2.05) is 0 Å². The van der Waals surface area contributed by atoms with Crippen LogP contribution in [0, 0.1) is 25.2 Å². The van der Waals surface area contributed by atoms with E-state index in [1.165, 1.54) is 0 Å². The number of likely N-dealkylation sites (tertiary alicyclic amines) is 1. The zero-order chi connectivity index (χ0) is 17.8. The van der Waals surface area contributed by atoms with Crippen LogP contribution in [0.1, 0.15) is 17.0 Å². The highest BCUT2D eigenvalue weighted by Gasteiger charge is 2.52. The van der Waals surface area contributed by atoms with Gasteiger partial charge in [0.25, 0.3) is 0 Å². The van der Waals surface area contributed by atoms with Gasteiger partial charge in [0.15, 0.2) is 0 Å². The summed E-state index contributed by atoms with van der Waals surface area (Å²) in [4.78, 5) is 7.10. The highest BCUT2D eigenvalue weighted by atomic mass is 32.2. The van der Waals surface area contributed by atoms with Crippen molar-refractivity contribution in [1.29, 1.82) is 0 Å². The molecule has 3 aliphatic rings. The molecule has 0 atom stereocenters. The quantitative estimate of drug-likeness (QED) is 0.757. The average molecular weight is 373 g/mol. The summed E-state index contributed by atoms with van der Waals surface area (Å²) >= 11 is 1.55. The number of aryl methyl sites for hydroxylation is 2. The lowest BCUT2D eigenvalue weighted by Gasteiger charge is -2.60. The molecule has 3 fully saturated rings. The number of nitrogens with zero attached hydrogens (tertiary/aromatic N) is 3. The number of aromatic nitrogens is 1. The van der Waals surface area contributed by atoms with Crippen LogP contribution in [-0.4, -0.2) is 60.1 Å². The summed E-state index contributed by atoms with van der Waals surface area (Å²) in [6, 6.07) is 1.15. The largest absolute Gasteiger partial charge is 0.433 e. The van der Waals surface area contributed by atoms with Gasteiger partial charge in [-0.1, -0.05) is 0 Å². The van der Waals surface area contributed by atoms with Crippen LogP contribution < -0.4 is 0 Å². The minimum absolute atomic E-state index is 0.388. The van der Waals surface area contributed by atoms with Crippen molar-refractivity contribution in [3.63, 3.8) is 0 Å². The van der Waals surface area contributed by atoms with Crippen molar-refractivity contribution in [2.45, 2.75) is 24.9 Å². The van der Waals surface area contributed by atoms with Crippen molar-refractivity contribution in [3.05, 3.63) is 23.0 Å². The number of hydrogen-bond acceptors (Lipinski definition) is 5. The molecule has 1 aromatic rings. The molecule has 8 heteroatoms. The van der Waals surface area contributed by atoms with E-state index in [-0.39, 0.29) is 0 Å². The van der Waals surface area contributed by atoms with Crippen LogP contribution in [0.2, 0.25) is 0 Å². The fraction of sp³-hybridized carbons (Fsp3) is 0.706. The summed E-state index contributed by atoms with van der Waals surface area (Å²) in [5.74, 6) is 0.700. The van der Waals surface area contributed by atoms with Gasteiger partial charge in [0.1, 0.15) is 5.69 Å². The third-order valence-corrected chi connectivity index (χ3v) is 6.52. The van der Waals surface area contributed by atoms with Gasteiger partial charge in [0.05, 0.1) is 18.9 Å². The molecule has 1 aromatic heterocycles. The molecule has 0 unspecified atom stereocenters. The zero-order valence-corrected chi connectivity index (χ0v) is 15.2. The molecule has 0 radical (unpaired) electrons. The molecule has 0 N–H and O–H groups in total. The fourth-order valence-corrected chi connectivity index (χ4v) is 5.30. The van der Waals surface area contributed by atoms with E-state index in [1.54, 1.807) is 25.8 Å². The van der Waals surface area contributed by atoms with Gasteiger partial charge in [0, 0.05) is 49.0 Å². The fourth-order valence-electron chi connectivity index (χ4n) is 3.99. The molecule has 3 aliphatic heterocycles. The second kappa shape index (κ2) is 6.11. The molecule has 1 spiro atoms. The van der Waals surface area contributed by atoms with Crippen molar-refractivity contribution < 1.29 is 17.9 Å². The monoisotopic (exact) mass is 373 g/mol. The number of alkyl halides is 3. The SMILES string of the molecule is Cc1cc(C(F)(F)F)nc(C)c1SN1CC2(CN(CC3COC3)C2)C1. The van der Waals surface area contributed by atoms with Gasteiger partial charge < -0.3 is 9.64 Å². The summed E-state index contributed by atoms with van der Waals surface area (Å²) in [7, 11) is 0. The standard InChI is InChI=1S/C17H22F3N3OS/c1-11-3-14(17(18,19)20)21-12(2)15(11)25-23-9-16(10-23)7-22(8-16)4-13-5-24-6-13/h3,13H,4-10H2,1-2H3. The van der Waals surface area contributed by atoms with Crippen molar-refractivity contribution in [2.75, 3.05) is 45.9 Å². The van der Waals surface area contributed by atoms with Gasteiger partial charge in [-0.2, -0.15) is 13.2 Å². The second-order valence-electron chi connectivity index (χ2n) is 7.70. The Balaban J connectivity index is 1.31. The lowest BCUT2D eigenvalue weighted by molar-refractivity contribution is -0.141. The Morgan fingerprint density at radius 2 is 1.92 bits per heavy atom. The lowest BCUT2D eigenvalue weighted by Crippen LogP contribution is -2.71. The van der Waals surface area contributed by atoms with E-state index >= 15 is 0 Å². The van der Waals surface area contributed by atoms with Gasteiger partial charge in [-0.3, -0.25) is 0 Å². The van der Waals surface area contributed by atoms with Crippen LogP contribution in [0.15, 0.2) is 11.0 Å². The van der Waals surface area contributed by atoms with E-state index in [2.05, 4.69) is 14.2 Å².